The van der Waals surface area contributed by atoms with Crippen LogP contribution in [0.1, 0.15) is 35.3 Å². The molecule has 0 aromatic carbocycles. The van der Waals surface area contributed by atoms with Crippen LogP contribution in [0.3, 0.4) is 0 Å². The van der Waals surface area contributed by atoms with E-state index < -0.39 is 5.97 Å². The Morgan fingerprint density at radius 3 is 3.06 bits per heavy atom. The molecule has 1 unspecified atom stereocenters. The van der Waals surface area contributed by atoms with E-state index in [1.807, 2.05) is 0 Å². The van der Waals surface area contributed by atoms with Gasteiger partial charge in [0.15, 0.2) is 0 Å². The minimum Gasteiger partial charge on any atom is -0.477 e. The first-order valence-corrected chi connectivity index (χ1v) is 6.12. The van der Waals surface area contributed by atoms with Gasteiger partial charge in [-0.2, -0.15) is 0 Å². The van der Waals surface area contributed by atoms with Crippen LogP contribution in [0.25, 0.3) is 0 Å². The van der Waals surface area contributed by atoms with Gasteiger partial charge < -0.3 is 14.6 Å². The molecule has 0 amide bonds. The number of aromatic nitrogens is 1. The zero-order chi connectivity index (χ0) is 13.0. The van der Waals surface area contributed by atoms with E-state index >= 15 is 0 Å². The summed E-state index contributed by atoms with van der Waals surface area (Å²) in [5, 5.41) is 9.04. The second-order valence-corrected chi connectivity index (χ2v) is 4.41. The zero-order valence-electron chi connectivity index (χ0n) is 10.4. The van der Waals surface area contributed by atoms with Gasteiger partial charge in [0.2, 0.25) is 5.88 Å². The number of rotatable bonds is 4. The summed E-state index contributed by atoms with van der Waals surface area (Å²) in [5.74, 6) is -0.848. The third kappa shape index (κ3) is 3.20. The van der Waals surface area contributed by atoms with E-state index in [1.54, 1.807) is 13.0 Å². The Labute approximate surface area is 106 Å². The number of ether oxygens (including phenoxy) is 2. The predicted molar refractivity (Wildman–Crippen MR) is 65.0 cm³/mol. The Kier molecular flexibility index (Phi) is 4.15. The lowest BCUT2D eigenvalue weighted by Gasteiger charge is -2.22. The minimum absolute atomic E-state index is 0.0442. The van der Waals surface area contributed by atoms with Crippen LogP contribution in [0.2, 0.25) is 0 Å². The van der Waals surface area contributed by atoms with E-state index in [0.717, 1.165) is 31.6 Å². The van der Waals surface area contributed by atoms with Crippen molar-refractivity contribution in [3.63, 3.8) is 0 Å². The maximum atomic E-state index is 11.0. The maximum absolute atomic E-state index is 11.0. The molecule has 0 saturated carbocycles. The van der Waals surface area contributed by atoms with Gasteiger partial charge in [0.25, 0.3) is 0 Å². The molecule has 5 heteroatoms. The summed E-state index contributed by atoms with van der Waals surface area (Å²) in [5.41, 5.74) is 0.830. The molecule has 2 rings (SSSR count). The molecule has 0 spiro atoms. The number of hydrogen-bond acceptors (Lipinski definition) is 4. The van der Waals surface area contributed by atoms with Crippen molar-refractivity contribution in [1.82, 2.24) is 4.98 Å². The summed E-state index contributed by atoms with van der Waals surface area (Å²) in [6.45, 7) is 2.91. The van der Waals surface area contributed by atoms with E-state index in [1.165, 1.54) is 6.07 Å². The van der Waals surface area contributed by atoms with Gasteiger partial charge >= 0.3 is 5.97 Å². The van der Waals surface area contributed by atoms with Crippen LogP contribution in [0.5, 0.6) is 5.88 Å². The lowest BCUT2D eigenvalue weighted by Crippen LogP contribution is -2.26. The number of carbonyl (C=O) groups is 1. The molecule has 98 valence electrons. The van der Waals surface area contributed by atoms with Gasteiger partial charge in [0, 0.05) is 12.3 Å². The third-order valence-electron chi connectivity index (χ3n) is 2.91. The third-order valence-corrected chi connectivity index (χ3v) is 2.91. The molecule has 1 aliphatic rings. The molecular weight excluding hydrogens is 234 g/mol. The number of carboxylic acids is 1. The lowest BCUT2D eigenvalue weighted by atomic mass is 10.1. The van der Waals surface area contributed by atoms with Gasteiger partial charge in [-0.3, -0.25) is 0 Å². The second-order valence-electron chi connectivity index (χ2n) is 4.41. The zero-order valence-corrected chi connectivity index (χ0v) is 10.4. The van der Waals surface area contributed by atoms with Gasteiger partial charge in [0.1, 0.15) is 12.2 Å². The normalized spacial score (nSPS) is 19.5. The van der Waals surface area contributed by atoms with Crippen LogP contribution in [-0.4, -0.2) is 35.4 Å². The van der Waals surface area contributed by atoms with Crippen LogP contribution >= 0.6 is 0 Å². The van der Waals surface area contributed by atoms with E-state index in [2.05, 4.69) is 4.98 Å². The van der Waals surface area contributed by atoms with Crippen molar-refractivity contribution >= 4 is 5.97 Å². The Bertz CT molecular complexity index is 427. The molecule has 1 saturated heterocycles. The number of nitrogens with zero attached hydrogens (tertiary/aromatic N) is 1. The molecule has 0 aliphatic carbocycles. The molecule has 2 heterocycles. The van der Waals surface area contributed by atoms with Crippen molar-refractivity contribution in [2.75, 3.05) is 13.2 Å². The minimum atomic E-state index is -1.03. The topological polar surface area (TPSA) is 68.7 Å². The predicted octanol–water partition coefficient (Wildman–Crippen LogP) is 2.04. The molecule has 0 radical (unpaired) electrons. The SMILES string of the molecule is Cc1ccc(C(=O)O)c(OCC2CCCCO2)n1. The highest BCUT2D eigenvalue weighted by molar-refractivity contribution is 5.90. The maximum Gasteiger partial charge on any atom is 0.341 e. The highest BCUT2D eigenvalue weighted by Gasteiger charge is 2.18. The van der Waals surface area contributed by atoms with Crippen molar-refractivity contribution < 1.29 is 19.4 Å². The average Bonchev–Trinajstić information content (AvgIpc) is 2.37. The van der Waals surface area contributed by atoms with Crippen LogP contribution in [0.15, 0.2) is 12.1 Å². The first-order chi connectivity index (χ1) is 8.66. The molecule has 1 aliphatic heterocycles. The Balaban J connectivity index is 2.03. The standard InChI is InChI=1S/C13H17NO4/c1-9-5-6-11(13(15)16)12(14-9)18-8-10-4-2-3-7-17-10/h5-6,10H,2-4,7-8H2,1H3,(H,15,16). The molecule has 1 aromatic heterocycles. The van der Waals surface area contributed by atoms with Crippen LogP contribution in [-0.2, 0) is 4.74 Å². The fraction of sp³-hybridized carbons (Fsp3) is 0.538. The van der Waals surface area contributed by atoms with Crippen molar-refractivity contribution in [2.45, 2.75) is 32.3 Å². The Hall–Kier alpha value is -1.62. The quantitative estimate of drug-likeness (QED) is 0.886. The summed E-state index contributed by atoms with van der Waals surface area (Å²) in [6.07, 6.45) is 3.21. The van der Waals surface area contributed by atoms with Crippen molar-refractivity contribution in [3.05, 3.63) is 23.4 Å². The van der Waals surface area contributed by atoms with Gasteiger partial charge in [0.05, 0.1) is 6.10 Å². The number of carboxylic acid groups (broad SMARTS) is 1. The van der Waals surface area contributed by atoms with Gasteiger partial charge in [-0.25, -0.2) is 9.78 Å². The summed E-state index contributed by atoms with van der Waals surface area (Å²) < 4.78 is 11.0. The van der Waals surface area contributed by atoms with E-state index in [9.17, 15) is 4.79 Å². The second kappa shape index (κ2) is 5.82. The molecule has 18 heavy (non-hydrogen) atoms. The fourth-order valence-corrected chi connectivity index (χ4v) is 1.92. The molecule has 5 nitrogen and oxygen atoms in total. The highest BCUT2D eigenvalue weighted by atomic mass is 16.5. The number of aromatic carboxylic acids is 1. The monoisotopic (exact) mass is 251 g/mol. The molecule has 1 aromatic rings. The van der Waals surface area contributed by atoms with Crippen LogP contribution in [0, 0.1) is 6.92 Å². The number of aryl methyl sites for hydroxylation is 1. The smallest absolute Gasteiger partial charge is 0.341 e. The first-order valence-electron chi connectivity index (χ1n) is 6.12. The van der Waals surface area contributed by atoms with Crippen LogP contribution in [0.4, 0.5) is 0 Å². The molecule has 1 N–H and O–H groups in total. The lowest BCUT2D eigenvalue weighted by molar-refractivity contribution is -0.0122. The first kappa shape index (κ1) is 12.8. The number of pyridine rings is 1. The average molecular weight is 251 g/mol. The summed E-state index contributed by atoms with van der Waals surface area (Å²) in [7, 11) is 0. The van der Waals surface area contributed by atoms with Gasteiger partial charge in [-0.15, -0.1) is 0 Å². The van der Waals surface area contributed by atoms with Crippen molar-refractivity contribution in [2.24, 2.45) is 0 Å². The van der Waals surface area contributed by atoms with Gasteiger partial charge in [-0.1, -0.05) is 0 Å². The van der Waals surface area contributed by atoms with Gasteiger partial charge in [-0.05, 0) is 38.3 Å². The van der Waals surface area contributed by atoms with Crippen LogP contribution < -0.4 is 4.74 Å². The van der Waals surface area contributed by atoms with Crippen molar-refractivity contribution in [1.29, 1.82) is 0 Å². The Morgan fingerprint density at radius 1 is 1.56 bits per heavy atom. The summed E-state index contributed by atoms with van der Waals surface area (Å²) >= 11 is 0. The summed E-state index contributed by atoms with van der Waals surface area (Å²) in [6, 6.07) is 3.18. The summed E-state index contributed by atoms with van der Waals surface area (Å²) in [4.78, 5) is 15.2. The van der Waals surface area contributed by atoms with E-state index in [4.69, 9.17) is 14.6 Å². The van der Waals surface area contributed by atoms with E-state index in [-0.39, 0.29) is 17.5 Å². The highest BCUT2D eigenvalue weighted by Crippen LogP contribution is 2.19. The van der Waals surface area contributed by atoms with Crippen molar-refractivity contribution in [3.8, 4) is 5.88 Å². The molecule has 1 atom stereocenters. The Morgan fingerprint density at radius 2 is 2.39 bits per heavy atom. The molecule has 0 bridgehead atoms. The molecule has 1 fully saturated rings. The largest absolute Gasteiger partial charge is 0.477 e. The number of hydrogen-bond donors (Lipinski definition) is 1. The molecular formula is C13H17NO4. The van der Waals surface area contributed by atoms with E-state index in [0.29, 0.717) is 6.61 Å². The fourth-order valence-electron chi connectivity index (χ4n) is 1.92.